The zero-order valence-corrected chi connectivity index (χ0v) is 16.6. The van der Waals surface area contributed by atoms with Crippen LogP contribution < -0.4 is 5.32 Å². The molecule has 1 aliphatic heterocycles. The molecule has 1 aromatic rings. The zero-order chi connectivity index (χ0) is 21.5. The highest BCUT2D eigenvalue weighted by Gasteiger charge is 2.46. The highest BCUT2D eigenvalue weighted by molar-refractivity contribution is 5.90. The second-order valence-corrected chi connectivity index (χ2v) is 8.81. The molecule has 4 unspecified atom stereocenters. The van der Waals surface area contributed by atoms with Gasteiger partial charge >= 0.3 is 0 Å². The lowest BCUT2D eigenvalue weighted by molar-refractivity contribution is -0.145. The molecule has 2 N–H and O–H groups in total. The largest absolute Gasteiger partial charge is 0.391 e. The molecular weight excluding hydrogens is 391 g/mol. The van der Waals surface area contributed by atoms with Gasteiger partial charge in [0.15, 0.2) is 0 Å². The number of nitrogens with zero attached hydrogens (tertiary/aromatic N) is 4. The maximum Gasteiger partial charge on any atom is 0.287 e. The summed E-state index contributed by atoms with van der Waals surface area (Å²) in [6, 6.07) is -2.08. The highest BCUT2D eigenvalue weighted by atomic mass is 19.3. The first-order valence-corrected chi connectivity index (χ1v) is 9.62. The van der Waals surface area contributed by atoms with Gasteiger partial charge in [0.25, 0.3) is 6.43 Å². The van der Waals surface area contributed by atoms with Crippen LogP contribution in [0.5, 0.6) is 0 Å². The van der Waals surface area contributed by atoms with E-state index < -0.39 is 48.1 Å². The van der Waals surface area contributed by atoms with Gasteiger partial charge in [-0.3, -0.25) is 9.59 Å². The third-order valence-electron chi connectivity index (χ3n) is 5.21. The Balaban J connectivity index is 1.83. The quantitative estimate of drug-likeness (QED) is 0.682. The average Bonchev–Trinajstić information content (AvgIpc) is 3.22. The third-order valence-corrected chi connectivity index (χ3v) is 5.21. The van der Waals surface area contributed by atoms with Crippen LogP contribution in [-0.2, 0) is 9.59 Å². The maximum absolute atomic E-state index is 13.4. The van der Waals surface area contributed by atoms with Gasteiger partial charge < -0.3 is 15.3 Å². The van der Waals surface area contributed by atoms with E-state index in [0.717, 1.165) is 23.4 Å². The van der Waals surface area contributed by atoms with Crippen LogP contribution in [0, 0.1) is 5.41 Å². The van der Waals surface area contributed by atoms with Gasteiger partial charge in [-0.2, -0.15) is 0 Å². The van der Waals surface area contributed by atoms with Gasteiger partial charge in [0.2, 0.25) is 18.1 Å². The van der Waals surface area contributed by atoms with Crippen LogP contribution in [0.2, 0.25) is 0 Å². The number of aliphatic hydroxyl groups excluding tert-OH is 1. The van der Waals surface area contributed by atoms with E-state index in [1.165, 1.54) is 4.68 Å². The molecule has 4 atom stereocenters. The molecule has 0 aromatic carbocycles. The number of halogens is 3. The summed E-state index contributed by atoms with van der Waals surface area (Å²) < 4.78 is 39.6. The first-order valence-electron chi connectivity index (χ1n) is 9.62. The number of likely N-dealkylation sites (tertiary alicyclic amines) is 1. The Hall–Kier alpha value is -2.17. The van der Waals surface area contributed by atoms with E-state index in [0.29, 0.717) is 5.92 Å². The Kier molecular flexibility index (Phi) is 5.88. The normalized spacial score (nSPS) is 24.6. The molecule has 1 saturated carbocycles. The fraction of sp³-hybridized carbons (Fsp3) is 0.778. The molecule has 2 amide bonds. The number of aliphatic hydroxyl groups is 1. The van der Waals surface area contributed by atoms with Crippen molar-refractivity contribution in [3.8, 4) is 0 Å². The van der Waals surface area contributed by atoms with E-state index in [9.17, 15) is 27.9 Å². The summed E-state index contributed by atoms with van der Waals surface area (Å²) in [6.07, 6.45) is -3.65. The molecule has 0 radical (unpaired) electrons. The van der Waals surface area contributed by atoms with Gasteiger partial charge in [-0.05, 0) is 18.3 Å². The van der Waals surface area contributed by atoms with Crippen molar-refractivity contribution in [3.63, 3.8) is 0 Å². The number of nitrogens with one attached hydrogen (secondary N) is 1. The number of amides is 2. The molecule has 162 valence electrons. The topological polar surface area (TPSA) is 100 Å². The Labute approximate surface area is 166 Å². The molecule has 8 nitrogen and oxygen atoms in total. The van der Waals surface area contributed by atoms with Crippen molar-refractivity contribution in [1.82, 2.24) is 25.2 Å². The lowest BCUT2D eigenvalue weighted by Crippen LogP contribution is -2.52. The van der Waals surface area contributed by atoms with Crippen molar-refractivity contribution >= 4 is 11.8 Å². The van der Waals surface area contributed by atoms with E-state index in [-0.39, 0.29) is 13.0 Å². The molecule has 1 aliphatic carbocycles. The van der Waals surface area contributed by atoms with Crippen LogP contribution in [0.15, 0.2) is 6.20 Å². The molecule has 11 heteroatoms. The Bertz CT molecular complexity index is 762. The molecule has 2 aliphatic rings. The first kappa shape index (κ1) is 21.5. The van der Waals surface area contributed by atoms with Gasteiger partial charge in [-0.15, -0.1) is 5.10 Å². The summed E-state index contributed by atoms with van der Waals surface area (Å²) in [4.78, 5) is 26.8. The second-order valence-electron chi connectivity index (χ2n) is 8.81. The molecular formula is C18H26F3N5O3. The maximum atomic E-state index is 13.4. The Morgan fingerprint density at radius 2 is 1.93 bits per heavy atom. The fourth-order valence-electron chi connectivity index (χ4n) is 3.62. The number of carbonyl (C=O) groups excluding carboxylic acids is 2. The van der Waals surface area contributed by atoms with E-state index in [1.807, 2.05) is 20.8 Å². The molecule has 1 saturated heterocycles. The van der Waals surface area contributed by atoms with Gasteiger partial charge in [0, 0.05) is 25.1 Å². The van der Waals surface area contributed by atoms with Crippen molar-refractivity contribution in [1.29, 1.82) is 0 Å². The summed E-state index contributed by atoms with van der Waals surface area (Å²) in [6.45, 7) is 5.32. The van der Waals surface area contributed by atoms with Gasteiger partial charge in [-0.25, -0.2) is 17.9 Å². The summed E-state index contributed by atoms with van der Waals surface area (Å²) in [5.74, 6) is -1.23. The van der Waals surface area contributed by atoms with Crippen molar-refractivity contribution in [2.24, 2.45) is 5.41 Å². The smallest absolute Gasteiger partial charge is 0.287 e. The predicted octanol–water partition coefficient (Wildman–Crippen LogP) is 1.38. The summed E-state index contributed by atoms with van der Waals surface area (Å²) >= 11 is 0. The van der Waals surface area contributed by atoms with Crippen molar-refractivity contribution in [3.05, 3.63) is 11.9 Å². The van der Waals surface area contributed by atoms with E-state index in [4.69, 9.17) is 0 Å². The lowest BCUT2D eigenvalue weighted by Gasteiger charge is -2.34. The number of hydrogen-bond donors (Lipinski definition) is 2. The van der Waals surface area contributed by atoms with Crippen LogP contribution >= 0.6 is 0 Å². The van der Waals surface area contributed by atoms with E-state index in [1.54, 1.807) is 11.5 Å². The molecule has 0 bridgehead atoms. The van der Waals surface area contributed by atoms with E-state index >= 15 is 0 Å². The number of rotatable bonds is 6. The minimum absolute atomic E-state index is 0.153. The zero-order valence-electron chi connectivity index (χ0n) is 16.6. The van der Waals surface area contributed by atoms with Gasteiger partial charge in [0.1, 0.15) is 12.1 Å². The second kappa shape index (κ2) is 7.92. The third kappa shape index (κ3) is 4.71. The molecule has 29 heavy (non-hydrogen) atoms. The molecule has 3 rings (SSSR count). The van der Waals surface area contributed by atoms with Crippen molar-refractivity contribution in [2.45, 2.75) is 76.9 Å². The number of hydrogen-bond acceptors (Lipinski definition) is 5. The number of carbonyl (C=O) groups is 2. The molecule has 2 fully saturated rings. The van der Waals surface area contributed by atoms with E-state index in [2.05, 4.69) is 10.3 Å². The minimum Gasteiger partial charge on any atom is -0.391 e. The number of aromatic nitrogens is 3. The van der Waals surface area contributed by atoms with Crippen molar-refractivity contribution < 1.29 is 27.9 Å². The fourth-order valence-corrected chi connectivity index (χ4v) is 3.62. The minimum atomic E-state index is -3.38. The Morgan fingerprint density at radius 1 is 1.28 bits per heavy atom. The highest BCUT2D eigenvalue weighted by Crippen LogP contribution is 2.40. The SMILES string of the molecule is CC(C)(C)C(C(=O)N1CC(O)CC1C(=O)NC(F)C(F)F)n1cc(C2CC2)nn1. The molecule has 1 aromatic heterocycles. The Morgan fingerprint density at radius 3 is 2.48 bits per heavy atom. The first-order chi connectivity index (χ1) is 13.5. The molecule has 0 spiro atoms. The van der Waals surface area contributed by atoms with Gasteiger partial charge in [-0.1, -0.05) is 26.0 Å². The van der Waals surface area contributed by atoms with Crippen molar-refractivity contribution in [2.75, 3.05) is 6.54 Å². The average molecular weight is 417 g/mol. The van der Waals surface area contributed by atoms with Crippen LogP contribution in [0.1, 0.15) is 57.7 Å². The lowest BCUT2D eigenvalue weighted by atomic mass is 9.85. The monoisotopic (exact) mass is 417 g/mol. The predicted molar refractivity (Wildman–Crippen MR) is 95.7 cm³/mol. The number of β-amino-alcohol motifs (C(OH)–C–C–N with tert-alkyl or cyclic N) is 1. The summed E-state index contributed by atoms with van der Waals surface area (Å²) in [7, 11) is 0. The van der Waals surface area contributed by atoms with Crippen LogP contribution in [-0.4, -0.2) is 68.2 Å². The summed E-state index contributed by atoms with van der Waals surface area (Å²) in [5, 5.41) is 19.8. The summed E-state index contributed by atoms with van der Waals surface area (Å²) in [5.41, 5.74) is 0.172. The number of alkyl halides is 3. The standard InChI is InChI=1S/C18H26F3N5O3/c1-18(2,3)13(26-8-11(23-24-26)9-4-5-9)17(29)25-7-10(27)6-12(25)16(28)22-15(21)14(19)20/h8-10,12-15,27H,4-7H2,1-3H3,(H,22,28). The van der Waals surface area contributed by atoms with Crippen LogP contribution in [0.25, 0.3) is 0 Å². The van der Waals surface area contributed by atoms with Crippen LogP contribution in [0.3, 0.4) is 0 Å². The van der Waals surface area contributed by atoms with Gasteiger partial charge in [0.05, 0.1) is 11.8 Å². The molecule has 2 heterocycles. The van der Waals surface area contributed by atoms with Crippen LogP contribution in [0.4, 0.5) is 13.2 Å².